The molecule has 1 aliphatic carbocycles. The van der Waals surface area contributed by atoms with Crippen LogP contribution in [0.15, 0.2) is 18.2 Å². The minimum absolute atomic E-state index is 0.101. The zero-order valence-electron chi connectivity index (χ0n) is 8.67. The molecule has 0 saturated heterocycles. The summed E-state index contributed by atoms with van der Waals surface area (Å²) < 4.78 is 5.16. The van der Waals surface area contributed by atoms with E-state index in [1.807, 2.05) is 12.1 Å². The summed E-state index contributed by atoms with van der Waals surface area (Å²) in [5.74, 6) is 0.730. The van der Waals surface area contributed by atoms with Crippen LogP contribution in [0, 0.1) is 0 Å². The van der Waals surface area contributed by atoms with Crippen molar-refractivity contribution < 1.29 is 9.53 Å². The molecular formula is C12H13NO2. The molecule has 1 aromatic carbocycles. The molecule has 3 nitrogen and oxygen atoms in total. The lowest BCUT2D eigenvalue weighted by molar-refractivity contribution is 0.186. The molecule has 0 bridgehead atoms. The highest BCUT2D eigenvalue weighted by atomic mass is 16.6. The number of amides is 1. The molecule has 0 radical (unpaired) electrons. The van der Waals surface area contributed by atoms with Gasteiger partial charge in [-0.1, -0.05) is 13.0 Å². The van der Waals surface area contributed by atoms with E-state index in [0.717, 1.165) is 30.6 Å². The first-order valence-electron chi connectivity index (χ1n) is 5.37. The maximum Gasteiger partial charge on any atom is 0.413 e. The van der Waals surface area contributed by atoms with Crippen LogP contribution in [0.1, 0.15) is 30.9 Å². The van der Waals surface area contributed by atoms with E-state index in [1.165, 1.54) is 5.56 Å². The van der Waals surface area contributed by atoms with Crippen molar-refractivity contribution in [2.45, 2.75) is 31.7 Å². The number of carbonyl (C=O) groups excluding carboxylic acids is 1. The van der Waals surface area contributed by atoms with Gasteiger partial charge >= 0.3 is 6.09 Å². The summed E-state index contributed by atoms with van der Waals surface area (Å²) in [4.78, 5) is 11.3. The molecular weight excluding hydrogens is 190 g/mol. The topological polar surface area (TPSA) is 38.3 Å². The maximum atomic E-state index is 11.3. The maximum absolute atomic E-state index is 11.3. The summed E-state index contributed by atoms with van der Waals surface area (Å²) in [6, 6.07) is 6.09. The van der Waals surface area contributed by atoms with E-state index in [0.29, 0.717) is 0 Å². The average molecular weight is 203 g/mol. The Morgan fingerprint density at radius 1 is 1.47 bits per heavy atom. The van der Waals surface area contributed by atoms with Crippen LogP contribution in [-0.2, 0) is 12.0 Å². The molecule has 0 unspecified atom stereocenters. The highest BCUT2D eigenvalue weighted by Gasteiger charge is 2.50. The molecule has 1 aromatic rings. The number of aryl methyl sites for hydroxylation is 1. The van der Waals surface area contributed by atoms with Crippen molar-refractivity contribution in [3.63, 3.8) is 0 Å². The van der Waals surface area contributed by atoms with Gasteiger partial charge in [-0.2, -0.15) is 0 Å². The van der Waals surface area contributed by atoms with Gasteiger partial charge in [0.1, 0.15) is 5.75 Å². The standard InChI is InChI=1S/C12H13NO2/c1-2-8-3-4-10-9(7-8)12(5-6-12)13-11(14)15-10/h3-4,7H,2,5-6H2,1H3,(H,13,14). The van der Waals surface area contributed by atoms with Crippen molar-refractivity contribution in [2.75, 3.05) is 0 Å². The van der Waals surface area contributed by atoms with Crippen LogP contribution in [-0.4, -0.2) is 6.09 Å². The number of fused-ring (bicyclic) bond motifs is 2. The molecule has 2 aliphatic rings. The van der Waals surface area contributed by atoms with Gasteiger partial charge in [0.25, 0.3) is 0 Å². The predicted octanol–water partition coefficient (Wildman–Crippen LogP) is 2.34. The van der Waals surface area contributed by atoms with Gasteiger partial charge in [-0.05, 0) is 37.0 Å². The van der Waals surface area contributed by atoms with Gasteiger partial charge in [-0.15, -0.1) is 0 Å². The third kappa shape index (κ3) is 1.23. The predicted molar refractivity (Wildman–Crippen MR) is 55.9 cm³/mol. The van der Waals surface area contributed by atoms with Crippen LogP contribution in [0.4, 0.5) is 4.79 Å². The van der Waals surface area contributed by atoms with Crippen molar-refractivity contribution in [3.05, 3.63) is 29.3 Å². The summed E-state index contributed by atoms with van der Waals surface area (Å²) in [6.07, 6.45) is 2.76. The minimum atomic E-state index is -0.316. The molecule has 1 fully saturated rings. The van der Waals surface area contributed by atoms with E-state index in [1.54, 1.807) is 0 Å². The Balaban J connectivity index is 2.12. The van der Waals surface area contributed by atoms with Crippen LogP contribution in [0.3, 0.4) is 0 Å². The number of benzene rings is 1. The fourth-order valence-electron chi connectivity index (χ4n) is 2.17. The van der Waals surface area contributed by atoms with Crippen molar-refractivity contribution in [2.24, 2.45) is 0 Å². The van der Waals surface area contributed by atoms with Gasteiger partial charge < -0.3 is 10.1 Å². The molecule has 1 spiro atoms. The van der Waals surface area contributed by atoms with Crippen LogP contribution in [0.25, 0.3) is 0 Å². The Labute approximate surface area is 88.4 Å². The number of hydrogen-bond donors (Lipinski definition) is 1. The normalized spacial score (nSPS) is 20.5. The van der Waals surface area contributed by atoms with Gasteiger partial charge in [-0.3, -0.25) is 0 Å². The highest BCUT2D eigenvalue weighted by Crippen LogP contribution is 2.51. The summed E-state index contributed by atoms with van der Waals surface area (Å²) in [6.45, 7) is 2.13. The Morgan fingerprint density at radius 2 is 2.27 bits per heavy atom. The highest BCUT2D eigenvalue weighted by molar-refractivity contribution is 5.76. The third-order valence-electron chi connectivity index (χ3n) is 3.26. The molecule has 0 aromatic heterocycles. The Hall–Kier alpha value is -1.51. The molecule has 15 heavy (non-hydrogen) atoms. The monoisotopic (exact) mass is 203 g/mol. The smallest absolute Gasteiger partial charge is 0.410 e. The SMILES string of the molecule is CCc1ccc2c(c1)C1(CC1)NC(=O)O2. The molecule has 0 atom stereocenters. The molecule has 1 amide bonds. The van der Waals surface area contributed by atoms with E-state index in [9.17, 15) is 4.79 Å². The van der Waals surface area contributed by atoms with Crippen LogP contribution in [0.5, 0.6) is 5.75 Å². The lowest BCUT2D eigenvalue weighted by atomic mass is 9.99. The largest absolute Gasteiger partial charge is 0.413 e. The first-order valence-corrected chi connectivity index (χ1v) is 5.37. The number of hydrogen-bond acceptors (Lipinski definition) is 2. The molecule has 3 rings (SSSR count). The summed E-state index contributed by atoms with van der Waals surface area (Å²) in [5.41, 5.74) is 2.34. The van der Waals surface area contributed by atoms with Crippen LogP contribution < -0.4 is 10.1 Å². The first kappa shape index (κ1) is 8.77. The van der Waals surface area contributed by atoms with E-state index in [2.05, 4.69) is 18.3 Å². The van der Waals surface area contributed by atoms with E-state index < -0.39 is 0 Å². The van der Waals surface area contributed by atoms with Gasteiger partial charge in [-0.25, -0.2) is 4.79 Å². The molecule has 78 valence electrons. The van der Waals surface area contributed by atoms with Gasteiger partial charge in [0.15, 0.2) is 0 Å². The van der Waals surface area contributed by atoms with Crippen molar-refractivity contribution in [1.82, 2.24) is 5.32 Å². The zero-order chi connectivity index (χ0) is 10.5. The third-order valence-corrected chi connectivity index (χ3v) is 3.26. The summed E-state index contributed by atoms with van der Waals surface area (Å²) >= 11 is 0. The minimum Gasteiger partial charge on any atom is -0.410 e. The van der Waals surface area contributed by atoms with Gasteiger partial charge in [0.05, 0.1) is 5.54 Å². The lowest BCUT2D eigenvalue weighted by Gasteiger charge is -2.26. The number of nitrogens with one attached hydrogen (secondary N) is 1. The van der Waals surface area contributed by atoms with Gasteiger partial charge in [0.2, 0.25) is 0 Å². The van der Waals surface area contributed by atoms with Crippen molar-refractivity contribution in [1.29, 1.82) is 0 Å². The molecule has 3 heteroatoms. The fraction of sp³-hybridized carbons (Fsp3) is 0.417. The fourth-order valence-corrected chi connectivity index (χ4v) is 2.17. The Kier molecular flexibility index (Phi) is 1.61. The lowest BCUT2D eigenvalue weighted by Crippen LogP contribution is -2.41. The average Bonchev–Trinajstić information content (AvgIpc) is 2.98. The van der Waals surface area contributed by atoms with Crippen molar-refractivity contribution in [3.8, 4) is 5.75 Å². The van der Waals surface area contributed by atoms with Crippen molar-refractivity contribution >= 4 is 6.09 Å². The van der Waals surface area contributed by atoms with Crippen LogP contribution >= 0.6 is 0 Å². The quantitative estimate of drug-likeness (QED) is 0.760. The Bertz CT molecular complexity index is 435. The molecule has 1 N–H and O–H groups in total. The zero-order valence-corrected chi connectivity index (χ0v) is 8.67. The number of ether oxygens (including phenoxy) is 1. The van der Waals surface area contributed by atoms with E-state index in [4.69, 9.17) is 4.74 Å². The second-order valence-corrected chi connectivity index (χ2v) is 4.28. The second-order valence-electron chi connectivity index (χ2n) is 4.28. The van der Waals surface area contributed by atoms with Crippen LogP contribution in [0.2, 0.25) is 0 Å². The van der Waals surface area contributed by atoms with Gasteiger partial charge in [0, 0.05) is 5.56 Å². The van der Waals surface area contributed by atoms with E-state index in [-0.39, 0.29) is 11.6 Å². The molecule has 1 heterocycles. The number of rotatable bonds is 1. The Morgan fingerprint density at radius 3 is 2.93 bits per heavy atom. The molecule has 1 saturated carbocycles. The summed E-state index contributed by atoms with van der Waals surface area (Å²) in [7, 11) is 0. The molecule has 1 aliphatic heterocycles. The second kappa shape index (κ2) is 2.75. The number of carbonyl (C=O) groups is 1. The summed E-state index contributed by atoms with van der Waals surface area (Å²) in [5, 5.41) is 2.91. The van der Waals surface area contributed by atoms with E-state index >= 15 is 0 Å². The first-order chi connectivity index (χ1) is 7.23.